The van der Waals surface area contributed by atoms with E-state index < -0.39 is 0 Å². The van der Waals surface area contributed by atoms with Crippen molar-refractivity contribution in [3.05, 3.63) is 28.2 Å². The van der Waals surface area contributed by atoms with Crippen LogP contribution in [0.25, 0.3) is 0 Å². The molecule has 0 fully saturated rings. The third-order valence-corrected chi connectivity index (χ3v) is 2.99. The molecular weight excluding hydrogens is 290 g/mol. The zero-order valence-electron chi connectivity index (χ0n) is 11.2. The first-order valence-corrected chi connectivity index (χ1v) is 6.97. The molecule has 0 aliphatic carbocycles. The molecule has 0 amide bonds. The Balaban J connectivity index is 2.52. The van der Waals surface area contributed by atoms with Gasteiger partial charge in [0.25, 0.3) is 0 Å². The van der Waals surface area contributed by atoms with Crippen LogP contribution in [0.15, 0.2) is 22.7 Å². The van der Waals surface area contributed by atoms with Gasteiger partial charge in [-0.05, 0) is 40.5 Å². The van der Waals surface area contributed by atoms with Gasteiger partial charge >= 0.3 is 0 Å². The highest BCUT2D eigenvalue weighted by molar-refractivity contribution is 9.10. The van der Waals surface area contributed by atoms with Gasteiger partial charge in [-0.15, -0.1) is 11.8 Å². The maximum atomic E-state index is 5.65. The summed E-state index contributed by atoms with van der Waals surface area (Å²) < 4.78 is 6.65. The molecule has 0 atom stereocenters. The third kappa shape index (κ3) is 5.57. The van der Waals surface area contributed by atoms with Crippen molar-refractivity contribution >= 4 is 15.9 Å². The van der Waals surface area contributed by atoms with Crippen LogP contribution in [-0.2, 0) is 6.54 Å². The van der Waals surface area contributed by atoms with E-state index in [1.54, 1.807) is 0 Å². The third-order valence-electron chi connectivity index (χ3n) is 2.37. The van der Waals surface area contributed by atoms with E-state index in [2.05, 4.69) is 59.1 Å². The van der Waals surface area contributed by atoms with Gasteiger partial charge in [-0.2, -0.15) is 0 Å². The number of nitrogens with one attached hydrogen (secondary N) is 1. The van der Waals surface area contributed by atoms with Crippen LogP contribution < -0.4 is 10.1 Å². The molecule has 0 saturated heterocycles. The predicted octanol–water partition coefficient (Wildman–Crippen LogP) is 3.74. The van der Waals surface area contributed by atoms with E-state index in [-0.39, 0.29) is 0 Å². The van der Waals surface area contributed by atoms with Gasteiger partial charge in [0.15, 0.2) is 0 Å². The Kier molecular flexibility index (Phi) is 6.85. The van der Waals surface area contributed by atoms with E-state index in [9.17, 15) is 0 Å². The van der Waals surface area contributed by atoms with Crippen LogP contribution in [0.1, 0.15) is 32.8 Å². The van der Waals surface area contributed by atoms with Crippen molar-refractivity contribution in [3.8, 4) is 17.6 Å². The van der Waals surface area contributed by atoms with Crippen LogP contribution in [0.4, 0.5) is 0 Å². The lowest BCUT2D eigenvalue weighted by Crippen LogP contribution is -2.21. The lowest BCUT2D eigenvalue weighted by Gasteiger charge is -2.11. The molecule has 3 heteroatoms. The highest BCUT2D eigenvalue weighted by Crippen LogP contribution is 2.26. The van der Waals surface area contributed by atoms with Crippen molar-refractivity contribution in [1.29, 1.82) is 0 Å². The molecule has 0 radical (unpaired) electrons. The normalized spacial score (nSPS) is 10.1. The standard InChI is InChI=1S/C15H20BrNO/c1-4-5-6-9-18-15-8-7-13(10-14(15)16)11-17-12(2)3/h7-8,10,12,17H,6,9,11H2,1-3H3. The van der Waals surface area contributed by atoms with Gasteiger partial charge in [-0.1, -0.05) is 19.9 Å². The van der Waals surface area contributed by atoms with Gasteiger partial charge in [-0.3, -0.25) is 0 Å². The highest BCUT2D eigenvalue weighted by atomic mass is 79.9. The van der Waals surface area contributed by atoms with Gasteiger partial charge in [-0.25, -0.2) is 0 Å². The largest absolute Gasteiger partial charge is 0.491 e. The Bertz CT molecular complexity index is 432. The van der Waals surface area contributed by atoms with Crippen molar-refractivity contribution in [2.75, 3.05) is 6.61 Å². The van der Waals surface area contributed by atoms with Crippen LogP contribution in [0, 0.1) is 11.8 Å². The van der Waals surface area contributed by atoms with E-state index in [1.165, 1.54) is 5.56 Å². The summed E-state index contributed by atoms with van der Waals surface area (Å²) in [6.07, 6.45) is 0.763. The predicted molar refractivity (Wildman–Crippen MR) is 79.7 cm³/mol. The van der Waals surface area contributed by atoms with E-state index in [4.69, 9.17) is 4.74 Å². The number of rotatable bonds is 6. The smallest absolute Gasteiger partial charge is 0.133 e. The molecule has 1 aromatic carbocycles. The number of benzene rings is 1. The fourth-order valence-electron chi connectivity index (χ4n) is 1.43. The minimum atomic E-state index is 0.493. The SMILES string of the molecule is CC#CCCOc1ccc(CNC(C)C)cc1Br. The topological polar surface area (TPSA) is 21.3 Å². The van der Waals surface area contributed by atoms with Crippen molar-refractivity contribution in [2.45, 2.75) is 39.8 Å². The zero-order valence-corrected chi connectivity index (χ0v) is 12.8. The molecule has 0 aromatic heterocycles. The summed E-state index contributed by atoms with van der Waals surface area (Å²) in [4.78, 5) is 0. The molecule has 0 bridgehead atoms. The van der Waals surface area contributed by atoms with Gasteiger partial charge in [0.2, 0.25) is 0 Å². The molecule has 0 aliphatic rings. The average molecular weight is 310 g/mol. The van der Waals surface area contributed by atoms with Crippen LogP contribution in [0.3, 0.4) is 0 Å². The zero-order chi connectivity index (χ0) is 13.4. The minimum Gasteiger partial charge on any atom is -0.491 e. The Morgan fingerprint density at radius 3 is 2.78 bits per heavy atom. The van der Waals surface area contributed by atoms with Crippen LogP contribution >= 0.6 is 15.9 Å². The number of hydrogen-bond acceptors (Lipinski definition) is 2. The fourth-order valence-corrected chi connectivity index (χ4v) is 1.97. The summed E-state index contributed by atoms with van der Waals surface area (Å²) in [7, 11) is 0. The first kappa shape index (κ1) is 15.1. The molecule has 1 rings (SSSR count). The minimum absolute atomic E-state index is 0.493. The summed E-state index contributed by atoms with van der Waals surface area (Å²) in [5.41, 5.74) is 1.25. The molecule has 1 N–H and O–H groups in total. The molecule has 18 heavy (non-hydrogen) atoms. The molecule has 2 nitrogen and oxygen atoms in total. The summed E-state index contributed by atoms with van der Waals surface area (Å²) in [6, 6.07) is 6.67. The van der Waals surface area contributed by atoms with Crippen LogP contribution in [-0.4, -0.2) is 12.6 Å². The molecule has 0 saturated carbocycles. The van der Waals surface area contributed by atoms with Gasteiger partial charge in [0.1, 0.15) is 5.75 Å². The van der Waals surface area contributed by atoms with E-state index in [1.807, 2.05) is 13.0 Å². The first-order chi connectivity index (χ1) is 8.63. The molecule has 0 heterocycles. The molecule has 98 valence electrons. The molecule has 1 aromatic rings. The van der Waals surface area contributed by atoms with Crippen molar-refractivity contribution in [2.24, 2.45) is 0 Å². The summed E-state index contributed by atoms with van der Waals surface area (Å²) in [5.74, 6) is 6.71. The lowest BCUT2D eigenvalue weighted by molar-refractivity contribution is 0.325. The molecule has 0 unspecified atom stereocenters. The summed E-state index contributed by atoms with van der Waals surface area (Å²) >= 11 is 3.53. The second kappa shape index (κ2) is 8.18. The van der Waals surface area contributed by atoms with E-state index in [0.29, 0.717) is 12.6 Å². The average Bonchev–Trinajstić information content (AvgIpc) is 2.34. The maximum absolute atomic E-state index is 5.65. The first-order valence-electron chi connectivity index (χ1n) is 6.17. The van der Waals surface area contributed by atoms with E-state index >= 15 is 0 Å². The van der Waals surface area contributed by atoms with Gasteiger partial charge < -0.3 is 10.1 Å². The summed E-state index contributed by atoms with van der Waals surface area (Å²) in [6.45, 7) is 7.62. The Labute approximate surface area is 118 Å². The Morgan fingerprint density at radius 2 is 2.17 bits per heavy atom. The van der Waals surface area contributed by atoms with Crippen molar-refractivity contribution in [3.63, 3.8) is 0 Å². The number of ether oxygens (including phenoxy) is 1. The van der Waals surface area contributed by atoms with E-state index in [0.717, 1.165) is 23.2 Å². The number of halogens is 1. The quantitative estimate of drug-likeness (QED) is 0.638. The monoisotopic (exact) mass is 309 g/mol. The fraction of sp³-hybridized carbons (Fsp3) is 0.467. The lowest BCUT2D eigenvalue weighted by atomic mass is 10.2. The Hall–Kier alpha value is -0.980. The van der Waals surface area contributed by atoms with Crippen LogP contribution in [0.2, 0.25) is 0 Å². The van der Waals surface area contributed by atoms with Gasteiger partial charge in [0, 0.05) is 19.0 Å². The maximum Gasteiger partial charge on any atom is 0.133 e. The summed E-state index contributed by atoms with van der Waals surface area (Å²) in [5, 5.41) is 3.39. The Morgan fingerprint density at radius 1 is 1.39 bits per heavy atom. The van der Waals surface area contributed by atoms with Crippen molar-refractivity contribution < 1.29 is 4.74 Å². The second-order valence-electron chi connectivity index (χ2n) is 4.33. The van der Waals surface area contributed by atoms with Gasteiger partial charge in [0.05, 0.1) is 11.1 Å². The van der Waals surface area contributed by atoms with Crippen LogP contribution in [0.5, 0.6) is 5.75 Å². The number of hydrogen-bond donors (Lipinski definition) is 1. The molecule has 0 spiro atoms. The molecular formula is C15H20BrNO. The second-order valence-corrected chi connectivity index (χ2v) is 5.18. The van der Waals surface area contributed by atoms with Crippen molar-refractivity contribution in [1.82, 2.24) is 5.32 Å². The molecule has 0 aliphatic heterocycles. The highest BCUT2D eigenvalue weighted by Gasteiger charge is 2.03.